The summed E-state index contributed by atoms with van der Waals surface area (Å²) in [5.41, 5.74) is 7.11. The Hall–Kier alpha value is -1.68. The van der Waals surface area contributed by atoms with Crippen LogP contribution < -0.4 is 5.73 Å². The van der Waals surface area contributed by atoms with Gasteiger partial charge in [0.05, 0.1) is 23.8 Å². The van der Waals surface area contributed by atoms with Gasteiger partial charge in [0.1, 0.15) is 4.88 Å². The zero-order valence-corrected chi connectivity index (χ0v) is 13.9. The number of thiophene rings is 1. The van der Waals surface area contributed by atoms with E-state index in [1.54, 1.807) is 16.2 Å². The normalized spacial score (nSPS) is 10.1. The van der Waals surface area contributed by atoms with Crippen LogP contribution in [-0.4, -0.2) is 29.4 Å². The Bertz CT molecular complexity index is 706. The standard InChI is InChI=1S/C15H17N3OS2/c1-10-14(21-11(2)17-10)15(19)18(3)8-13-7-12(9-20-13)5-4-6-16/h7,9H,6,8,16H2,1-3H3. The van der Waals surface area contributed by atoms with E-state index in [0.717, 1.165) is 26.0 Å². The zero-order valence-electron chi connectivity index (χ0n) is 12.3. The fourth-order valence-electron chi connectivity index (χ4n) is 1.89. The number of thiazole rings is 1. The predicted molar refractivity (Wildman–Crippen MR) is 87.6 cm³/mol. The molecule has 6 heteroatoms. The summed E-state index contributed by atoms with van der Waals surface area (Å²) in [5, 5.41) is 2.90. The fraction of sp³-hybridized carbons (Fsp3) is 0.333. The molecule has 110 valence electrons. The summed E-state index contributed by atoms with van der Waals surface area (Å²) in [4.78, 5) is 20.3. The lowest BCUT2D eigenvalue weighted by atomic mass is 10.3. The number of hydrogen-bond acceptors (Lipinski definition) is 5. The van der Waals surface area contributed by atoms with Crippen LogP contribution >= 0.6 is 22.7 Å². The van der Waals surface area contributed by atoms with Crippen LogP contribution in [0.2, 0.25) is 0 Å². The molecular weight excluding hydrogens is 302 g/mol. The highest BCUT2D eigenvalue weighted by atomic mass is 32.1. The quantitative estimate of drug-likeness (QED) is 0.884. The smallest absolute Gasteiger partial charge is 0.265 e. The van der Waals surface area contributed by atoms with E-state index >= 15 is 0 Å². The van der Waals surface area contributed by atoms with Crippen molar-refractivity contribution in [2.75, 3.05) is 13.6 Å². The van der Waals surface area contributed by atoms with E-state index in [-0.39, 0.29) is 5.91 Å². The summed E-state index contributed by atoms with van der Waals surface area (Å²) in [7, 11) is 1.81. The van der Waals surface area contributed by atoms with Crippen LogP contribution in [0.25, 0.3) is 0 Å². The highest BCUT2D eigenvalue weighted by molar-refractivity contribution is 7.13. The van der Waals surface area contributed by atoms with Crippen molar-refractivity contribution in [3.63, 3.8) is 0 Å². The Morgan fingerprint density at radius 1 is 1.48 bits per heavy atom. The number of carbonyl (C=O) groups excluding carboxylic acids is 1. The molecule has 0 spiro atoms. The van der Waals surface area contributed by atoms with Crippen LogP contribution in [0.3, 0.4) is 0 Å². The highest BCUT2D eigenvalue weighted by Gasteiger charge is 2.18. The summed E-state index contributed by atoms with van der Waals surface area (Å²) in [5.74, 6) is 5.84. The molecule has 0 radical (unpaired) electrons. The first-order valence-electron chi connectivity index (χ1n) is 6.47. The minimum atomic E-state index is 0.0149. The number of amides is 1. The SMILES string of the molecule is Cc1nc(C)c(C(=O)N(C)Cc2cc(C#CCN)cs2)s1. The van der Waals surface area contributed by atoms with E-state index < -0.39 is 0 Å². The average Bonchev–Trinajstić information content (AvgIpc) is 3.02. The second-order valence-electron chi connectivity index (χ2n) is 4.62. The molecule has 0 saturated heterocycles. The molecule has 2 N–H and O–H groups in total. The van der Waals surface area contributed by atoms with Gasteiger partial charge in [0, 0.05) is 22.9 Å². The van der Waals surface area contributed by atoms with Crippen molar-refractivity contribution >= 4 is 28.6 Å². The lowest BCUT2D eigenvalue weighted by molar-refractivity contribution is 0.0790. The first-order chi connectivity index (χ1) is 10.0. The van der Waals surface area contributed by atoms with Crippen LogP contribution in [-0.2, 0) is 6.54 Å². The van der Waals surface area contributed by atoms with Gasteiger partial charge in [-0.2, -0.15) is 0 Å². The molecule has 4 nitrogen and oxygen atoms in total. The monoisotopic (exact) mass is 319 g/mol. The molecule has 0 aliphatic heterocycles. The third-order valence-corrected chi connectivity index (χ3v) is 4.81. The Labute approximate surface area is 132 Å². The topological polar surface area (TPSA) is 59.2 Å². The summed E-state index contributed by atoms with van der Waals surface area (Å²) >= 11 is 3.04. The van der Waals surface area contributed by atoms with E-state index in [0.29, 0.717) is 13.1 Å². The van der Waals surface area contributed by atoms with E-state index in [9.17, 15) is 4.79 Å². The molecule has 2 aromatic heterocycles. The molecule has 0 aliphatic carbocycles. The zero-order chi connectivity index (χ0) is 15.4. The van der Waals surface area contributed by atoms with Gasteiger partial charge >= 0.3 is 0 Å². The minimum absolute atomic E-state index is 0.0149. The number of carbonyl (C=O) groups is 1. The number of hydrogen-bond donors (Lipinski definition) is 1. The molecule has 0 unspecified atom stereocenters. The minimum Gasteiger partial charge on any atom is -0.336 e. The van der Waals surface area contributed by atoms with Gasteiger partial charge in [-0.25, -0.2) is 4.98 Å². The highest BCUT2D eigenvalue weighted by Crippen LogP contribution is 2.21. The molecule has 2 aromatic rings. The van der Waals surface area contributed by atoms with Gasteiger partial charge in [0.2, 0.25) is 0 Å². The van der Waals surface area contributed by atoms with E-state index in [1.807, 2.05) is 32.3 Å². The maximum atomic E-state index is 12.4. The summed E-state index contributed by atoms with van der Waals surface area (Å²) in [6.45, 7) is 4.71. The molecule has 0 saturated carbocycles. The maximum Gasteiger partial charge on any atom is 0.265 e. The van der Waals surface area contributed by atoms with Gasteiger partial charge in [0.15, 0.2) is 0 Å². The van der Waals surface area contributed by atoms with Crippen molar-refractivity contribution in [3.05, 3.63) is 37.5 Å². The molecule has 0 aliphatic rings. The molecule has 21 heavy (non-hydrogen) atoms. The molecule has 0 fully saturated rings. The lowest BCUT2D eigenvalue weighted by Crippen LogP contribution is -2.25. The summed E-state index contributed by atoms with van der Waals surface area (Å²) in [6, 6.07) is 2.00. The number of nitrogens with two attached hydrogens (primary N) is 1. The van der Waals surface area contributed by atoms with Gasteiger partial charge in [-0.3, -0.25) is 4.79 Å². The lowest BCUT2D eigenvalue weighted by Gasteiger charge is -2.15. The van der Waals surface area contributed by atoms with Crippen molar-refractivity contribution in [2.24, 2.45) is 5.73 Å². The number of aromatic nitrogens is 1. The molecule has 1 amide bonds. The van der Waals surface area contributed by atoms with Crippen molar-refractivity contribution < 1.29 is 4.79 Å². The van der Waals surface area contributed by atoms with Crippen molar-refractivity contribution in [1.29, 1.82) is 0 Å². The predicted octanol–water partition coefficient (Wildman–Crippen LogP) is 2.40. The van der Waals surface area contributed by atoms with Gasteiger partial charge < -0.3 is 10.6 Å². The molecule has 0 aromatic carbocycles. The van der Waals surface area contributed by atoms with E-state index in [1.165, 1.54) is 11.3 Å². The fourth-order valence-corrected chi connectivity index (χ4v) is 3.67. The first kappa shape index (κ1) is 15.7. The number of rotatable bonds is 3. The number of aryl methyl sites for hydroxylation is 2. The second-order valence-corrected chi connectivity index (χ2v) is 6.82. The first-order valence-corrected chi connectivity index (χ1v) is 8.16. The van der Waals surface area contributed by atoms with E-state index in [4.69, 9.17) is 5.73 Å². The van der Waals surface area contributed by atoms with Gasteiger partial charge in [-0.05, 0) is 19.9 Å². The molecular formula is C15H17N3OS2. The molecule has 2 heterocycles. The van der Waals surface area contributed by atoms with E-state index in [2.05, 4.69) is 16.8 Å². The van der Waals surface area contributed by atoms with Crippen LogP contribution in [0.4, 0.5) is 0 Å². The van der Waals surface area contributed by atoms with Crippen LogP contribution in [0.1, 0.15) is 30.8 Å². The Morgan fingerprint density at radius 3 is 2.86 bits per heavy atom. The van der Waals surface area contributed by atoms with Crippen molar-refractivity contribution in [3.8, 4) is 11.8 Å². The van der Waals surface area contributed by atoms with Crippen molar-refractivity contribution in [2.45, 2.75) is 20.4 Å². The third-order valence-electron chi connectivity index (χ3n) is 2.83. The number of nitrogens with zero attached hydrogens (tertiary/aromatic N) is 2. The average molecular weight is 319 g/mol. The van der Waals surface area contributed by atoms with Crippen LogP contribution in [0, 0.1) is 25.7 Å². The van der Waals surface area contributed by atoms with Crippen LogP contribution in [0.15, 0.2) is 11.4 Å². The van der Waals surface area contributed by atoms with Crippen molar-refractivity contribution in [1.82, 2.24) is 9.88 Å². The van der Waals surface area contributed by atoms with Gasteiger partial charge in [0.25, 0.3) is 5.91 Å². The largest absolute Gasteiger partial charge is 0.336 e. The summed E-state index contributed by atoms with van der Waals surface area (Å²) in [6.07, 6.45) is 0. The Kier molecular flexibility index (Phi) is 5.12. The van der Waals surface area contributed by atoms with Gasteiger partial charge in [-0.15, -0.1) is 22.7 Å². The van der Waals surface area contributed by atoms with Gasteiger partial charge in [-0.1, -0.05) is 11.8 Å². The summed E-state index contributed by atoms with van der Waals surface area (Å²) < 4.78 is 0. The third kappa shape index (κ3) is 3.91. The Morgan fingerprint density at radius 2 is 2.24 bits per heavy atom. The molecule has 0 bridgehead atoms. The molecule has 2 rings (SSSR count). The van der Waals surface area contributed by atoms with Crippen LogP contribution in [0.5, 0.6) is 0 Å². The Balaban J connectivity index is 2.07. The maximum absolute atomic E-state index is 12.4. The second kappa shape index (κ2) is 6.85. The molecule has 0 atom stereocenters.